The lowest BCUT2D eigenvalue weighted by Gasteiger charge is -2.07. The number of carbonyl (C=O) groups excluding carboxylic acids is 1. The molecular formula is C13H6F4N2OS. The zero-order valence-corrected chi connectivity index (χ0v) is 11.0. The Morgan fingerprint density at radius 2 is 1.95 bits per heavy atom. The molecule has 0 spiro atoms. The first-order valence-electron chi connectivity index (χ1n) is 5.71. The summed E-state index contributed by atoms with van der Waals surface area (Å²) in [6.45, 7) is 0. The van der Waals surface area contributed by atoms with Gasteiger partial charge >= 0.3 is 6.18 Å². The van der Waals surface area contributed by atoms with Gasteiger partial charge in [-0.2, -0.15) is 13.2 Å². The monoisotopic (exact) mass is 314 g/mol. The lowest BCUT2D eigenvalue weighted by atomic mass is 10.1. The van der Waals surface area contributed by atoms with Crippen molar-refractivity contribution in [1.29, 1.82) is 0 Å². The Morgan fingerprint density at radius 3 is 2.62 bits per heavy atom. The van der Waals surface area contributed by atoms with Crippen molar-refractivity contribution in [3.63, 3.8) is 0 Å². The van der Waals surface area contributed by atoms with E-state index in [1.807, 2.05) is 0 Å². The Bertz CT molecular complexity index is 834. The van der Waals surface area contributed by atoms with Crippen LogP contribution in [0.15, 0.2) is 35.8 Å². The number of ketones is 1. The normalized spacial score (nSPS) is 12.0. The van der Waals surface area contributed by atoms with Crippen molar-refractivity contribution in [2.75, 3.05) is 0 Å². The molecule has 1 aromatic carbocycles. The molecule has 3 aromatic rings. The maximum Gasteiger partial charge on any atom is 0.456 e. The number of hydrogen-bond acceptors (Lipinski definition) is 3. The highest BCUT2D eigenvalue weighted by molar-refractivity contribution is 7.15. The third-order valence-electron chi connectivity index (χ3n) is 2.86. The Labute approximate surface area is 119 Å². The number of nitrogens with zero attached hydrogens (tertiary/aromatic N) is 2. The molecule has 0 saturated heterocycles. The van der Waals surface area contributed by atoms with Crippen molar-refractivity contribution in [3.05, 3.63) is 47.4 Å². The van der Waals surface area contributed by atoms with E-state index in [0.29, 0.717) is 0 Å². The smallest absolute Gasteiger partial charge is 0.287 e. The van der Waals surface area contributed by atoms with Crippen LogP contribution in [0.4, 0.5) is 17.6 Å². The number of benzene rings is 1. The Kier molecular flexibility index (Phi) is 3.05. The SMILES string of the molecule is O=C(c1c(-c2ccccc2F)nc2sccn12)C(F)(F)F. The van der Waals surface area contributed by atoms with Gasteiger partial charge in [0, 0.05) is 17.1 Å². The van der Waals surface area contributed by atoms with Gasteiger partial charge in [0.2, 0.25) is 0 Å². The summed E-state index contributed by atoms with van der Waals surface area (Å²) < 4.78 is 53.1. The van der Waals surface area contributed by atoms with Gasteiger partial charge in [-0.1, -0.05) is 12.1 Å². The second kappa shape index (κ2) is 4.66. The number of aromatic nitrogens is 2. The molecule has 0 fully saturated rings. The average Bonchev–Trinajstić information content (AvgIpc) is 2.97. The summed E-state index contributed by atoms with van der Waals surface area (Å²) >= 11 is 1.06. The van der Waals surface area contributed by atoms with Gasteiger partial charge < -0.3 is 0 Å². The van der Waals surface area contributed by atoms with Crippen LogP contribution in [0, 0.1) is 5.82 Å². The number of halogens is 4. The van der Waals surface area contributed by atoms with Gasteiger partial charge in [-0.05, 0) is 12.1 Å². The summed E-state index contributed by atoms with van der Waals surface area (Å²) in [4.78, 5) is 15.8. The van der Waals surface area contributed by atoms with E-state index < -0.39 is 23.5 Å². The molecule has 0 aliphatic carbocycles. The third kappa shape index (κ3) is 2.21. The molecule has 0 bridgehead atoms. The molecule has 0 aliphatic heterocycles. The van der Waals surface area contributed by atoms with Crippen LogP contribution >= 0.6 is 11.3 Å². The predicted molar refractivity (Wildman–Crippen MR) is 68.8 cm³/mol. The maximum absolute atomic E-state index is 13.8. The molecule has 21 heavy (non-hydrogen) atoms. The summed E-state index contributed by atoms with van der Waals surface area (Å²) in [6.07, 6.45) is -3.76. The zero-order valence-electron chi connectivity index (χ0n) is 10.2. The van der Waals surface area contributed by atoms with Crippen molar-refractivity contribution in [3.8, 4) is 11.3 Å². The highest BCUT2D eigenvalue weighted by atomic mass is 32.1. The number of Topliss-reactive ketones (excluding diaryl/α,β-unsaturated/α-hetero) is 1. The molecule has 0 amide bonds. The van der Waals surface area contributed by atoms with E-state index in [1.165, 1.54) is 29.8 Å². The van der Waals surface area contributed by atoms with Gasteiger partial charge in [0.05, 0.1) is 0 Å². The lowest BCUT2D eigenvalue weighted by molar-refractivity contribution is -0.0888. The highest BCUT2D eigenvalue weighted by Crippen LogP contribution is 2.32. The van der Waals surface area contributed by atoms with E-state index in [2.05, 4.69) is 4.98 Å². The van der Waals surface area contributed by atoms with E-state index in [-0.39, 0.29) is 16.2 Å². The number of alkyl halides is 3. The molecule has 0 saturated carbocycles. The first kappa shape index (κ1) is 13.7. The van der Waals surface area contributed by atoms with Gasteiger partial charge in [0.1, 0.15) is 17.2 Å². The molecule has 0 atom stereocenters. The van der Waals surface area contributed by atoms with Crippen LogP contribution < -0.4 is 0 Å². The van der Waals surface area contributed by atoms with Crippen LogP contribution in [0.25, 0.3) is 16.2 Å². The number of rotatable bonds is 2. The molecule has 3 rings (SSSR count). The molecule has 0 N–H and O–H groups in total. The second-order valence-electron chi connectivity index (χ2n) is 4.17. The molecule has 2 aromatic heterocycles. The van der Waals surface area contributed by atoms with Crippen molar-refractivity contribution in [1.82, 2.24) is 9.38 Å². The fourth-order valence-electron chi connectivity index (χ4n) is 1.98. The zero-order chi connectivity index (χ0) is 15.2. The summed E-state index contributed by atoms with van der Waals surface area (Å²) in [5.41, 5.74) is -1.12. The van der Waals surface area contributed by atoms with Gasteiger partial charge in [0.25, 0.3) is 5.78 Å². The first-order valence-corrected chi connectivity index (χ1v) is 6.59. The minimum atomic E-state index is -5.06. The number of fused-ring (bicyclic) bond motifs is 1. The second-order valence-corrected chi connectivity index (χ2v) is 5.04. The summed E-state index contributed by atoms with van der Waals surface area (Å²) in [5, 5.41) is 1.50. The molecule has 8 heteroatoms. The Hall–Kier alpha value is -2.22. The minimum Gasteiger partial charge on any atom is -0.287 e. The van der Waals surface area contributed by atoms with E-state index in [4.69, 9.17) is 0 Å². The standard InChI is InChI=1S/C13H6F4N2OS/c14-8-4-2-1-3-7(8)9-10(11(20)13(15,16)17)19-5-6-21-12(19)18-9/h1-6H. The van der Waals surface area contributed by atoms with E-state index in [0.717, 1.165) is 21.8 Å². The molecule has 2 heterocycles. The van der Waals surface area contributed by atoms with E-state index >= 15 is 0 Å². The number of thiazole rings is 1. The van der Waals surface area contributed by atoms with Crippen molar-refractivity contribution < 1.29 is 22.4 Å². The molecule has 108 valence electrons. The minimum absolute atomic E-state index is 0.138. The van der Waals surface area contributed by atoms with Crippen LogP contribution in [0.5, 0.6) is 0 Å². The summed E-state index contributed by atoms with van der Waals surface area (Å²) in [5.74, 6) is -2.79. The van der Waals surface area contributed by atoms with Crippen LogP contribution in [0.3, 0.4) is 0 Å². The van der Waals surface area contributed by atoms with Gasteiger partial charge in [0.15, 0.2) is 4.96 Å². The topological polar surface area (TPSA) is 34.4 Å². The number of hydrogen-bond donors (Lipinski definition) is 0. The first-order chi connectivity index (χ1) is 9.89. The van der Waals surface area contributed by atoms with Crippen molar-refractivity contribution in [2.24, 2.45) is 0 Å². The Balaban J connectivity index is 2.31. The maximum atomic E-state index is 13.8. The lowest BCUT2D eigenvalue weighted by Crippen LogP contribution is -2.24. The quantitative estimate of drug-likeness (QED) is 0.530. The average molecular weight is 314 g/mol. The van der Waals surface area contributed by atoms with Crippen molar-refractivity contribution >= 4 is 22.1 Å². The summed E-state index contributed by atoms with van der Waals surface area (Å²) in [6, 6.07) is 5.26. The van der Waals surface area contributed by atoms with E-state index in [9.17, 15) is 22.4 Å². The molecule has 3 nitrogen and oxygen atoms in total. The number of carbonyl (C=O) groups is 1. The number of imidazole rings is 1. The predicted octanol–water partition coefficient (Wildman–Crippen LogP) is 3.95. The molecule has 0 aliphatic rings. The molecular weight excluding hydrogens is 308 g/mol. The van der Waals surface area contributed by atoms with Crippen molar-refractivity contribution in [2.45, 2.75) is 6.18 Å². The largest absolute Gasteiger partial charge is 0.456 e. The Morgan fingerprint density at radius 1 is 1.24 bits per heavy atom. The van der Waals surface area contributed by atoms with E-state index in [1.54, 1.807) is 0 Å². The van der Waals surface area contributed by atoms with Gasteiger partial charge in [-0.3, -0.25) is 9.20 Å². The van der Waals surface area contributed by atoms with Gasteiger partial charge in [-0.25, -0.2) is 9.37 Å². The van der Waals surface area contributed by atoms with Crippen LogP contribution in [-0.4, -0.2) is 21.3 Å². The van der Waals surface area contributed by atoms with Gasteiger partial charge in [-0.15, -0.1) is 11.3 Å². The van der Waals surface area contributed by atoms with Crippen LogP contribution in [0.2, 0.25) is 0 Å². The molecule has 0 radical (unpaired) electrons. The third-order valence-corrected chi connectivity index (χ3v) is 3.62. The molecule has 0 unspecified atom stereocenters. The fraction of sp³-hybridized carbons (Fsp3) is 0.0769. The highest BCUT2D eigenvalue weighted by Gasteiger charge is 2.43. The summed E-state index contributed by atoms with van der Waals surface area (Å²) in [7, 11) is 0. The fourth-order valence-corrected chi connectivity index (χ4v) is 2.69. The van der Waals surface area contributed by atoms with Crippen LogP contribution in [-0.2, 0) is 0 Å². The van der Waals surface area contributed by atoms with Crippen LogP contribution in [0.1, 0.15) is 10.5 Å².